The molecule has 0 atom stereocenters. The van der Waals surface area contributed by atoms with Gasteiger partial charge >= 0.3 is 0 Å². The van der Waals surface area contributed by atoms with Crippen LogP contribution in [0.3, 0.4) is 0 Å². The fourth-order valence-corrected chi connectivity index (χ4v) is 5.54. The summed E-state index contributed by atoms with van der Waals surface area (Å²) < 4.78 is 1.24. The zero-order valence-corrected chi connectivity index (χ0v) is 14.8. The Morgan fingerprint density at radius 2 is 1.67 bits per heavy atom. The van der Waals surface area contributed by atoms with Crippen molar-refractivity contribution in [2.24, 2.45) is 0 Å². The smallest absolute Gasteiger partial charge is 0.151 e. The van der Waals surface area contributed by atoms with Crippen LogP contribution < -0.4 is 0 Å². The lowest BCUT2D eigenvalue weighted by atomic mass is 9.68. The number of thiophene rings is 1. The van der Waals surface area contributed by atoms with Crippen LogP contribution in [0.25, 0.3) is 10.1 Å². The van der Waals surface area contributed by atoms with E-state index >= 15 is 0 Å². The quantitative estimate of drug-likeness (QED) is 0.511. The molecule has 1 saturated carbocycles. The molecule has 0 radical (unpaired) electrons. The molecule has 2 aromatic carbocycles. The molecule has 1 heterocycles. The number of carbonyl (C=O) groups is 1. The van der Waals surface area contributed by atoms with Crippen LogP contribution in [0.2, 0.25) is 0 Å². The summed E-state index contributed by atoms with van der Waals surface area (Å²) >= 11 is 1.82. The standard InChI is InChI=1S/C22H22OS/c1-22(13-11-17(12-14-22)16-7-3-2-4-8-16)21-19(15-23)18-9-5-6-10-20(18)24-21/h2-10,15,17H,11-14H2,1H3. The molecule has 4 rings (SSSR count). The van der Waals surface area contributed by atoms with Crippen molar-refractivity contribution >= 4 is 27.7 Å². The molecule has 0 bridgehead atoms. The number of aldehydes is 1. The van der Waals surface area contributed by atoms with E-state index in [9.17, 15) is 4.79 Å². The van der Waals surface area contributed by atoms with Crippen LogP contribution in [0.5, 0.6) is 0 Å². The van der Waals surface area contributed by atoms with E-state index in [1.54, 1.807) is 0 Å². The Hall–Kier alpha value is -1.93. The number of hydrogen-bond donors (Lipinski definition) is 0. The first-order chi connectivity index (χ1) is 11.7. The molecule has 24 heavy (non-hydrogen) atoms. The summed E-state index contributed by atoms with van der Waals surface area (Å²) in [7, 11) is 0. The molecule has 2 heteroatoms. The lowest BCUT2D eigenvalue weighted by Crippen LogP contribution is -2.28. The maximum absolute atomic E-state index is 11.8. The topological polar surface area (TPSA) is 17.1 Å². The first kappa shape index (κ1) is 15.6. The van der Waals surface area contributed by atoms with Gasteiger partial charge in [0.1, 0.15) is 0 Å². The minimum Gasteiger partial charge on any atom is -0.298 e. The van der Waals surface area contributed by atoms with Crippen LogP contribution >= 0.6 is 11.3 Å². The van der Waals surface area contributed by atoms with Crippen molar-refractivity contribution in [3.8, 4) is 0 Å². The summed E-state index contributed by atoms with van der Waals surface area (Å²) in [4.78, 5) is 13.1. The second-order valence-electron chi connectivity index (χ2n) is 7.20. The monoisotopic (exact) mass is 334 g/mol. The molecule has 1 aliphatic rings. The van der Waals surface area contributed by atoms with Gasteiger partial charge in [0.25, 0.3) is 0 Å². The average molecular weight is 334 g/mol. The second kappa shape index (κ2) is 6.18. The van der Waals surface area contributed by atoms with Crippen LogP contribution in [0, 0.1) is 0 Å². The van der Waals surface area contributed by atoms with Crippen LogP contribution in [0.4, 0.5) is 0 Å². The van der Waals surface area contributed by atoms with E-state index in [0.717, 1.165) is 30.1 Å². The van der Waals surface area contributed by atoms with Gasteiger partial charge in [-0.2, -0.15) is 0 Å². The Bertz CT molecular complexity index is 854. The normalized spacial score (nSPS) is 24.1. The molecular weight excluding hydrogens is 312 g/mol. The molecule has 0 N–H and O–H groups in total. The zero-order chi connectivity index (χ0) is 16.6. The molecule has 1 aliphatic carbocycles. The Morgan fingerprint density at radius 1 is 1.00 bits per heavy atom. The lowest BCUT2D eigenvalue weighted by molar-refractivity contribution is 0.112. The van der Waals surface area contributed by atoms with Crippen molar-refractivity contribution in [3.63, 3.8) is 0 Å². The minimum atomic E-state index is 0.130. The first-order valence-corrected chi connectivity index (χ1v) is 9.55. The third kappa shape index (κ3) is 2.59. The van der Waals surface area contributed by atoms with Crippen molar-refractivity contribution in [1.29, 1.82) is 0 Å². The molecular formula is C22H22OS. The number of rotatable bonds is 3. The molecule has 0 spiro atoms. The van der Waals surface area contributed by atoms with Gasteiger partial charge in [-0.1, -0.05) is 55.5 Å². The highest BCUT2D eigenvalue weighted by molar-refractivity contribution is 7.19. The number of hydrogen-bond acceptors (Lipinski definition) is 2. The molecule has 3 aromatic rings. The average Bonchev–Trinajstić information content (AvgIpc) is 3.02. The van der Waals surface area contributed by atoms with Crippen LogP contribution in [-0.2, 0) is 5.41 Å². The van der Waals surface area contributed by atoms with E-state index in [1.165, 1.54) is 28.0 Å². The number of fused-ring (bicyclic) bond motifs is 1. The van der Waals surface area contributed by atoms with E-state index in [0.29, 0.717) is 5.92 Å². The fraction of sp³-hybridized carbons (Fsp3) is 0.318. The predicted molar refractivity (Wildman–Crippen MR) is 102 cm³/mol. The summed E-state index contributed by atoms with van der Waals surface area (Å²) in [6.07, 6.45) is 5.78. The predicted octanol–water partition coefficient (Wildman–Crippen LogP) is 6.33. The van der Waals surface area contributed by atoms with Crippen molar-refractivity contribution < 1.29 is 4.79 Å². The largest absolute Gasteiger partial charge is 0.298 e. The molecule has 122 valence electrons. The Labute approximate surface area is 147 Å². The molecule has 1 aromatic heterocycles. The maximum atomic E-state index is 11.8. The summed E-state index contributed by atoms with van der Waals surface area (Å²) in [5.41, 5.74) is 2.52. The molecule has 0 saturated heterocycles. The minimum absolute atomic E-state index is 0.130. The van der Waals surface area contributed by atoms with Gasteiger partial charge in [-0.25, -0.2) is 0 Å². The van der Waals surface area contributed by atoms with Gasteiger partial charge in [0, 0.05) is 25.9 Å². The van der Waals surface area contributed by atoms with Crippen molar-refractivity contribution in [2.45, 2.75) is 43.9 Å². The van der Waals surface area contributed by atoms with E-state index < -0.39 is 0 Å². The molecule has 0 unspecified atom stereocenters. The fourth-order valence-electron chi connectivity index (χ4n) is 4.17. The van der Waals surface area contributed by atoms with Gasteiger partial charge in [-0.15, -0.1) is 11.3 Å². The number of carbonyl (C=O) groups excluding carboxylic acids is 1. The van der Waals surface area contributed by atoms with Gasteiger partial charge in [-0.05, 0) is 43.2 Å². The highest BCUT2D eigenvalue weighted by Gasteiger charge is 2.36. The molecule has 0 aliphatic heterocycles. The Balaban J connectivity index is 1.65. The maximum Gasteiger partial charge on any atom is 0.151 e. The van der Waals surface area contributed by atoms with Gasteiger partial charge in [-0.3, -0.25) is 4.79 Å². The van der Waals surface area contributed by atoms with Crippen LogP contribution in [0.15, 0.2) is 54.6 Å². The lowest BCUT2D eigenvalue weighted by Gasteiger charge is -2.37. The van der Waals surface area contributed by atoms with E-state index in [1.807, 2.05) is 17.4 Å². The molecule has 0 amide bonds. The van der Waals surface area contributed by atoms with E-state index in [4.69, 9.17) is 0 Å². The van der Waals surface area contributed by atoms with Gasteiger partial charge < -0.3 is 0 Å². The second-order valence-corrected chi connectivity index (χ2v) is 8.26. The van der Waals surface area contributed by atoms with Gasteiger partial charge in [0.15, 0.2) is 6.29 Å². The highest BCUT2D eigenvalue weighted by atomic mass is 32.1. The summed E-state index contributed by atoms with van der Waals surface area (Å²) in [6.45, 7) is 2.35. The highest BCUT2D eigenvalue weighted by Crippen LogP contribution is 2.49. The van der Waals surface area contributed by atoms with Crippen molar-refractivity contribution in [2.75, 3.05) is 0 Å². The third-order valence-electron chi connectivity index (χ3n) is 5.66. The van der Waals surface area contributed by atoms with Crippen LogP contribution in [0.1, 0.15) is 59.3 Å². The first-order valence-electron chi connectivity index (χ1n) is 8.73. The van der Waals surface area contributed by atoms with Gasteiger partial charge in [0.2, 0.25) is 0 Å². The van der Waals surface area contributed by atoms with E-state index in [-0.39, 0.29) is 5.41 Å². The summed E-state index contributed by atoms with van der Waals surface area (Å²) in [5.74, 6) is 0.660. The SMILES string of the molecule is CC1(c2sc3ccccc3c2C=O)CCC(c2ccccc2)CC1. The molecule has 1 nitrogen and oxygen atoms in total. The van der Waals surface area contributed by atoms with E-state index in [2.05, 4.69) is 55.5 Å². The summed E-state index contributed by atoms with van der Waals surface area (Å²) in [6, 6.07) is 19.2. The van der Waals surface area contributed by atoms with Gasteiger partial charge in [0.05, 0.1) is 0 Å². The molecule has 1 fully saturated rings. The van der Waals surface area contributed by atoms with Crippen molar-refractivity contribution in [1.82, 2.24) is 0 Å². The Morgan fingerprint density at radius 3 is 2.38 bits per heavy atom. The zero-order valence-electron chi connectivity index (χ0n) is 14.0. The number of benzene rings is 2. The van der Waals surface area contributed by atoms with Crippen LogP contribution in [-0.4, -0.2) is 6.29 Å². The Kier molecular flexibility index (Phi) is 4.01. The van der Waals surface area contributed by atoms with Crippen molar-refractivity contribution in [3.05, 3.63) is 70.6 Å². The third-order valence-corrected chi connectivity index (χ3v) is 7.15. The summed E-state index contributed by atoms with van der Waals surface area (Å²) in [5, 5.41) is 1.12.